The summed E-state index contributed by atoms with van der Waals surface area (Å²) in [5.41, 5.74) is 1.30. The number of benzene rings is 2. The Morgan fingerprint density at radius 1 is 0.935 bits per heavy atom. The zero-order valence-corrected chi connectivity index (χ0v) is 17.2. The molecule has 4 rings (SSSR count). The smallest absolute Gasteiger partial charge is 0.261 e. The van der Waals surface area contributed by atoms with Crippen LogP contribution in [-0.2, 0) is 16.1 Å². The van der Waals surface area contributed by atoms with Gasteiger partial charge in [-0.25, -0.2) is 4.98 Å². The molecule has 3 aromatic rings. The second-order valence-electron chi connectivity index (χ2n) is 7.58. The van der Waals surface area contributed by atoms with E-state index in [-0.39, 0.29) is 23.8 Å². The van der Waals surface area contributed by atoms with Gasteiger partial charge in [-0.2, -0.15) is 0 Å². The van der Waals surface area contributed by atoms with Crippen molar-refractivity contribution in [3.63, 3.8) is 0 Å². The van der Waals surface area contributed by atoms with E-state index in [0.29, 0.717) is 50.2 Å². The largest absolute Gasteiger partial charge is 0.340 e. The number of hydrogen-bond donors (Lipinski definition) is 1. The quantitative estimate of drug-likeness (QED) is 0.655. The Balaban J connectivity index is 1.24. The molecule has 1 aliphatic rings. The number of rotatable bonds is 6. The molecule has 2 amide bonds. The molecule has 0 aliphatic carbocycles. The number of carbonyl (C=O) groups excluding carboxylic acids is 2. The number of anilines is 1. The average molecular weight is 419 g/mol. The van der Waals surface area contributed by atoms with Gasteiger partial charge in [-0.3, -0.25) is 23.9 Å². The van der Waals surface area contributed by atoms with Crippen LogP contribution in [0, 0.1) is 0 Å². The molecule has 2 aromatic carbocycles. The van der Waals surface area contributed by atoms with Crippen LogP contribution in [0.1, 0.15) is 6.42 Å². The molecule has 0 saturated carbocycles. The molecule has 2 heterocycles. The number of hydrogen-bond acceptors (Lipinski definition) is 5. The predicted octanol–water partition coefficient (Wildman–Crippen LogP) is 1.57. The minimum absolute atomic E-state index is 0.00782. The van der Waals surface area contributed by atoms with Gasteiger partial charge in [0.2, 0.25) is 11.8 Å². The van der Waals surface area contributed by atoms with E-state index in [1.54, 1.807) is 23.1 Å². The van der Waals surface area contributed by atoms with Gasteiger partial charge < -0.3 is 10.2 Å². The summed E-state index contributed by atoms with van der Waals surface area (Å²) in [5.74, 6) is -0.0531. The van der Waals surface area contributed by atoms with Gasteiger partial charge >= 0.3 is 0 Å². The molecule has 0 unspecified atom stereocenters. The van der Waals surface area contributed by atoms with E-state index >= 15 is 0 Å². The number of nitrogens with zero attached hydrogens (tertiary/aromatic N) is 4. The molecule has 8 nitrogen and oxygen atoms in total. The molecule has 1 aromatic heterocycles. The monoisotopic (exact) mass is 419 g/mol. The molecule has 31 heavy (non-hydrogen) atoms. The van der Waals surface area contributed by atoms with Crippen molar-refractivity contribution in [2.75, 3.05) is 38.0 Å². The molecule has 0 bridgehead atoms. The number of nitrogens with one attached hydrogen (secondary N) is 1. The lowest BCUT2D eigenvalue weighted by Gasteiger charge is -2.34. The van der Waals surface area contributed by atoms with Crippen molar-refractivity contribution in [3.05, 3.63) is 71.3 Å². The van der Waals surface area contributed by atoms with Crippen LogP contribution in [0.3, 0.4) is 0 Å². The summed E-state index contributed by atoms with van der Waals surface area (Å²) in [6.45, 7) is 3.03. The van der Waals surface area contributed by atoms with E-state index in [0.717, 1.165) is 5.69 Å². The standard InChI is InChI=1S/C23H25N5O3/c29-21(25-18-6-2-1-3-7-18)16-26-12-14-27(15-13-26)22(30)10-11-28-17-24-20-9-5-4-8-19(20)23(28)31/h1-9,17H,10-16H2,(H,25,29). The van der Waals surface area contributed by atoms with E-state index in [2.05, 4.69) is 10.3 Å². The van der Waals surface area contributed by atoms with Crippen molar-refractivity contribution in [2.45, 2.75) is 13.0 Å². The first-order valence-electron chi connectivity index (χ1n) is 10.4. The molecule has 1 N–H and O–H groups in total. The fourth-order valence-corrected chi connectivity index (χ4v) is 3.72. The van der Waals surface area contributed by atoms with Crippen molar-refractivity contribution in [1.82, 2.24) is 19.4 Å². The van der Waals surface area contributed by atoms with Gasteiger partial charge in [0.25, 0.3) is 5.56 Å². The van der Waals surface area contributed by atoms with Gasteiger partial charge in [0.1, 0.15) is 0 Å². The Bertz CT molecular complexity index is 1120. The van der Waals surface area contributed by atoms with Gasteiger partial charge in [0.15, 0.2) is 0 Å². The number of para-hydroxylation sites is 2. The van der Waals surface area contributed by atoms with Crippen LogP contribution in [0.4, 0.5) is 5.69 Å². The third kappa shape index (κ3) is 5.16. The van der Waals surface area contributed by atoms with Gasteiger partial charge in [0, 0.05) is 44.8 Å². The highest BCUT2D eigenvalue weighted by Gasteiger charge is 2.22. The minimum Gasteiger partial charge on any atom is -0.340 e. The number of amides is 2. The van der Waals surface area contributed by atoms with E-state index in [1.165, 1.54) is 10.9 Å². The van der Waals surface area contributed by atoms with Crippen molar-refractivity contribution in [1.29, 1.82) is 0 Å². The molecule has 0 atom stereocenters. The van der Waals surface area contributed by atoms with Crippen molar-refractivity contribution >= 4 is 28.4 Å². The Kier molecular flexibility index (Phi) is 6.37. The van der Waals surface area contributed by atoms with Crippen molar-refractivity contribution in [3.8, 4) is 0 Å². The highest BCUT2D eigenvalue weighted by atomic mass is 16.2. The highest BCUT2D eigenvalue weighted by Crippen LogP contribution is 2.08. The van der Waals surface area contributed by atoms with Crippen LogP contribution in [-0.4, -0.2) is 63.9 Å². The maximum Gasteiger partial charge on any atom is 0.261 e. The van der Waals surface area contributed by atoms with Gasteiger partial charge in [0.05, 0.1) is 23.8 Å². The number of aromatic nitrogens is 2. The summed E-state index contributed by atoms with van der Waals surface area (Å²) in [7, 11) is 0. The molecular formula is C23H25N5O3. The SMILES string of the molecule is O=C(CN1CCN(C(=O)CCn2cnc3ccccc3c2=O)CC1)Nc1ccccc1. The predicted molar refractivity (Wildman–Crippen MR) is 119 cm³/mol. The van der Waals surface area contributed by atoms with E-state index in [1.807, 2.05) is 41.3 Å². The third-order valence-corrected chi connectivity index (χ3v) is 5.45. The van der Waals surface area contributed by atoms with Crippen LogP contribution in [0.15, 0.2) is 65.7 Å². The maximum atomic E-state index is 12.6. The number of carbonyl (C=O) groups is 2. The summed E-state index contributed by atoms with van der Waals surface area (Å²) in [4.78, 5) is 45.5. The lowest BCUT2D eigenvalue weighted by molar-refractivity contribution is -0.133. The third-order valence-electron chi connectivity index (χ3n) is 5.45. The van der Waals surface area contributed by atoms with Crippen LogP contribution in [0.2, 0.25) is 0 Å². The molecule has 0 radical (unpaired) electrons. The van der Waals surface area contributed by atoms with E-state index < -0.39 is 0 Å². The Hall–Kier alpha value is -3.52. The molecular weight excluding hydrogens is 394 g/mol. The first-order valence-corrected chi connectivity index (χ1v) is 10.4. The summed E-state index contributed by atoms with van der Waals surface area (Å²) in [6, 6.07) is 16.6. The molecule has 1 saturated heterocycles. The number of aryl methyl sites for hydroxylation is 1. The first kappa shape index (κ1) is 20.7. The Morgan fingerprint density at radius 3 is 2.42 bits per heavy atom. The topological polar surface area (TPSA) is 87.5 Å². The molecule has 1 aliphatic heterocycles. The first-order chi connectivity index (χ1) is 15.1. The van der Waals surface area contributed by atoms with Crippen molar-refractivity contribution < 1.29 is 9.59 Å². The summed E-state index contributed by atoms with van der Waals surface area (Å²) < 4.78 is 1.49. The Morgan fingerprint density at radius 2 is 1.65 bits per heavy atom. The number of piperazine rings is 1. The van der Waals surface area contributed by atoms with Gasteiger partial charge in [-0.1, -0.05) is 30.3 Å². The van der Waals surface area contributed by atoms with Crippen LogP contribution in [0.25, 0.3) is 10.9 Å². The second-order valence-corrected chi connectivity index (χ2v) is 7.58. The van der Waals surface area contributed by atoms with E-state index in [9.17, 15) is 14.4 Å². The zero-order chi connectivity index (χ0) is 21.6. The fraction of sp³-hybridized carbons (Fsp3) is 0.304. The lowest BCUT2D eigenvalue weighted by Crippen LogP contribution is -2.50. The number of fused-ring (bicyclic) bond motifs is 1. The highest BCUT2D eigenvalue weighted by molar-refractivity contribution is 5.92. The second kappa shape index (κ2) is 9.53. The summed E-state index contributed by atoms with van der Waals surface area (Å²) in [5, 5.41) is 3.44. The molecule has 1 fully saturated rings. The summed E-state index contributed by atoms with van der Waals surface area (Å²) in [6.07, 6.45) is 1.75. The molecule has 160 valence electrons. The van der Waals surface area contributed by atoms with Gasteiger partial charge in [-0.05, 0) is 24.3 Å². The molecule has 0 spiro atoms. The fourth-order valence-electron chi connectivity index (χ4n) is 3.72. The van der Waals surface area contributed by atoms with Crippen LogP contribution < -0.4 is 10.9 Å². The van der Waals surface area contributed by atoms with Crippen molar-refractivity contribution in [2.24, 2.45) is 0 Å². The van der Waals surface area contributed by atoms with Crippen LogP contribution in [0.5, 0.6) is 0 Å². The molecule has 8 heteroatoms. The lowest BCUT2D eigenvalue weighted by atomic mass is 10.2. The average Bonchev–Trinajstić information content (AvgIpc) is 2.80. The zero-order valence-electron chi connectivity index (χ0n) is 17.2. The normalized spacial score (nSPS) is 14.5. The maximum absolute atomic E-state index is 12.6. The minimum atomic E-state index is -0.132. The van der Waals surface area contributed by atoms with Gasteiger partial charge in [-0.15, -0.1) is 0 Å². The van der Waals surface area contributed by atoms with Crippen LogP contribution >= 0.6 is 0 Å². The summed E-state index contributed by atoms with van der Waals surface area (Å²) >= 11 is 0. The van der Waals surface area contributed by atoms with E-state index in [4.69, 9.17) is 0 Å². The Labute approximate surface area is 180 Å².